The first-order chi connectivity index (χ1) is 8.69. The molecule has 2 heterocycles. The van der Waals surface area contributed by atoms with Gasteiger partial charge in [-0.3, -0.25) is 4.68 Å². The van der Waals surface area contributed by atoms with Gasteiger partial charge >= 0.3 is 0 Å². The van der Waals surface area contributed by atoms with Gasteiger partial charge in [0.05, 0.1) is 5.39 Å². The molecule has 0 spiro atoms. The molecule has 1 N–H and O–H groups in total. The molecule has 2 aromatic rings. The highest BCUT2D eigenvalue weighted by molar-refractivity contribution is 5.73. The van der Waals surface area contributed by atoms with Gasteiger partial charge in [-0.1, -0.05) is 6.92 Å². The lowest BCUT2D eigenvalue weighted by molar-refractivity contribution is 0.425. The first kappa shape index (κ1) is 12.8. The van der Waals surface area contributed by atoms with Crippen LogP contribution in [-0.4, -0.2) is 51.8 Å². The van der Waals surface area contributed by atoms with Gasteiger partial charge in [0.15, 0.2) is 5.65 Å². The van der Waals surface area contributed by atoms with Crippen molar-refractivity contribution in [3.8, 4) is 0 Å². The number of aromatic nitrogens is 4. The lowest BCUT2D eigenvalue weighted by Crippen LogP contribution is -2.21. The van der Waals surface area contributed by atoms with E-state index in [1.165, 1.54) is 0 Å². The average molecular weight is 248 g/mol. The van der Waals surface area contributed by atoms with Crippen LogP contribution in [0.3, 0.4) is 0 Å². The molecular formula is C12H20N6. The second-order valence-electron chi connectivity index (χ2n) is 4.59. The molecule has 6 nitrogen and oxygen atoms in total. The fraction of sp³-hybridized carbons (Fsp3) is 0.583. The van der Waals surface area contributed by atoms with E-state index < -0.39 is 0 Å². The molecular weight excluding hydrogens is 228 g/mol. The zero-order chi connectivity index (χ0) is 13.0. The van der Waals surface area contributed by atoms with Crippen LogP contribution in [0.2, 0.25) is 0 Å². The van der Waals surface area contributed by atoms with Crippen LogP contribution in [0.25, 0.3) is 11.0 Å². The van der Waals surface area contributed by atoms with Crippen molar-refractivity contribution in [2.75, 3.05) is 32.5 Å². The Bertz CT molecular complexity index is 504. The van der Waals surface area contributed by atoms with E-state index in [0.717, 1.165) is 37.1 Å². The lowest BCUT2D eigenvalue weighted by atomic mass is 10.4. The van der Waals surface area contributed by atoms with Crippen molar-refractivity contribution in [3.63, 3.8) is 0 Å². The maximum absolute atomic E-state index is 4.42. The Morgan fingerprint density at radius 1 is 1.39 bits per heavy atom. The molecule has 2 rings (SSSR count). The smallest absolute Gasteiger partial charge is 0.224 e. The summed E-state index contributed by atoms with van der Waals surface area (Å²) in [5.74, 6) is 0.645. The number of hydrogen-bond donors (Lipinski definition) is 1. The second kappa shape index (κ2) is 5.77. The van der Waals surface area contributed by atoms with Gasteiger partial charge in [0.2, 0.25) is 5.95 Å². The second-order valence-corrected chi connectivity index (χ2v) is 4.59. The van der Waals surface area contributed by atoms with E-state index in [-0.39, 0.29) is 0 Å². The van der Waals surface area contributed by atoms with Crippen LogP contribution in [0.4, 0.5) is 5.95 Å². The highest BCUT2D eigenvalue weighted by Crippen LogP contribution is 2.10. The third-order valence-corrected chi connectivity index (χ3v) is 2.60. The minimum atomic E-state index is 0.645. The monoisotopic (exact) mass is 248 g/mol. The van der Waals surface area contributed by atoms with Crippen molar-refractivity contribution in [1.82, 2.24) is 24.6 Å². The highest BCUT2D eigenvalue weighted by Gasteiger charge is 2.04. The van der Waals surface area contributed by atoms with E-state index in [0.29, 0.717) is 5.95 Å². The minimum Gasteiger partial charge on any atom is -0.353 e. The van der Waals surface area contributed by atoms with Crippen LogP contribution in [0.1, 0.15) is 13.3 Å². The summed E-state index contributed by atoms with van der Waals surface area (Å²) in [5, 5.41) is 8.61. The molecule has 0 saturated carbocycles. The standard InChI is InChI=1S/C12H20N6/c1-4-6-18-9-10-8-14-12(15-11(10)16-18)13-5-7-17(2)3/h8-9H,4-7H2,1-3H3,(H,13,15,16). The molecule has 0 aliphatic heterocycles. The molecule has 0 amide bonds. The molecule has 2 aromatic heterocycles. The molecule has 98 valence electrons. The molecule has 6 heteroatoms. The van der Waals surface area contributed by atoms with Gasteiger partial charge in [-0.25, -0.2) is 4.98 Å². The van der Waals surface area contributed by atoms with Gasteiger partial charge in [0.25, 0.3) is 0 Å². The van der Waals surface area contributed by atoms with Crippen LogP contribution in [0.5, 0.6) is 0 Å². The van der Waals surface area contributed by atoms with E-state index in [2.05, 4.69) is 32.2 Å². The molecule has 0 saturated heterocycles. The Morgan fingerprint density at radius 2 is 2.22 bits per heavy atom. The van der Waals surface area contributed by atoms with Crippen LogP contribution in [0, 0.1) is 0 Å². The zero-order valence-corrected chi connectivity index (χ0v) is 11.2. The van der Waals surface area contributed by atoms with Crippen LogP contribution >= 0.6 is 0 Å². The Labute approximate surface area is 107 Å². The first-order valence-corrected chi connectivity index (χ1v) is 6.28. The summed E-state index contributed by atoms with van der Waals surface area (Å²) >= 11 is 0. The summed E-state index contributed by atoms with van der Waals surface area (Å²) in [5.41, 5.74) is 0.755. The number of aryl methyl sites for hydroxylation is 1. The number of nitrogens with one attached hydrogen (secondary N) is 1. The number of anilines is 1. The molecule has 0 atom stereocenters. The number of likely N-dealkylation sites (N-methyl/N-ethyl adjacent to an activating group) is 1. The zero-order valence-electron chi connectivity index (χ0n) is 11.2. The number of fused-ring (bicyclic) bond motifs is 1. The summed E-state index contributed by atoms with van der Waals surface area (Å²) in [6.07, 6.45) is 4.87. The fourth-order valence-corrected chi connectivity index (χ4v) is 1.68. The Balaban J connectivity index is 2.06. The molecule has 0 aromatic carbocycles. The Hall–Kier alpha value is -1.69. The molecule has 0 radical (unpaired) electrons. The molecule has 0 aliphatic carbocycles. The van der Waals surface area contributed by atoms with Crippen molar-refractivity contribution in [3.05, 3.63) is 12.4 Å². The highest BCUT2D eigenvalue weighted by atomic mass is 15.3. The maximum atomic E-state index is 4.42. The molecule has 0 bridgehead atoms. The van der Waals surface area contributed by atoms with E-state index in [9.17, 15) is 0 Å². The quantitative estimate of drug-likeness (QED) is 0.832. The van der Waals surface area contributed by atoms with Crippen molar-refractivity contribution in [2.24, 2.45) is 0 Å². The lowest BCUT2D eigenvalue weighted by Gasteiger charge is -2.09. The van der Waals surface area contributed by atoms with E-state index in [4.69, 9.17) is 0 Å². The minimum absolute atomic E-state index is 0.645. The Kier molecular flexibility index (Phi) is 4.09. The molecule has 0 unspecified atom stereocenters. The molecule has 18 heavy (non-hydrogen) atoms. The molecule has 0 fully saturated rings. The van der Waals surface area contributed by atoms with E-state index >= 15 is 0 Å². The van der Waals surface area contributed by atoms with Crippen molar-refractivity contribution in [1.29, 1.82) is 0 Å². The van der Waals surface area contributed by atoms with Crippen LogP contribution in [-0.2, 0) is 6.54 Å². The fourth-order valence-electron chi connectivity index (χ4n) is 1.68. The number of nitrogens with zero attached hydrogens (tertiary/aromatic N) is 5. The summed E-state index contributed by atoms with van der Waals surface area (Å²) < 4.78 is 1.92. The SMILES string of the molecule is CCCn1cc2cnc(NCCN(C)C)nc2n1. The van der Waals surface area contributed by atoms with Crippen LogP contribution in [0.15, 0.2) is 12.4 Å². The van der Waals surface area contributed by atoms with E-state index in [1.54, 1.807) is 0 Å². The normalized spacial score (nSPS) is 11.3. The summed E-state index contributed by atoms with van der Waals surface area (Å²) in [7, 11) is 4.08. The van der Waals surface area contributed by atoms with Crippen LogP contribution < -0.4 is 5.32 Å². The van der Waals surface area contributed by atoms with Crippen molar-refractivity contribution in [2.45, 2.75) is 19.9 Å². The third-order valence-electron chi connectivity index (χ3n) is 2.60. The van der Waals surface area contributed by atoms with E-state index in [1.807, 2.05) is 31.2 Å². The number of hydrogen-bond acceptors (Lipinski definition) is 5. The summed E-state index contributed by atoms with van der Waals surface area (Å²) in [6, 6.07) is 0. The molecule has 0 aliphatic rings. The first-order valence-electron chi connectivity index (χ1n) is 6.28. The topological polar surface area (TPSA) is 58.9 Å². The predicted molar refractivity (Wildman–Crippen MR) is 72.7 cm³/mol. The summed E-state index contributed by atoms with van der Waals surface area (Å²) in [4.78, 5) is 10.8. The van der Waals surface area contributed by atoms with Gasteiger partial charge in [-0.15, -0.1) is 0 Å². The predicted octanol–water partition coefficient (Wildman–Crippen LogP) is 1.21. The average Bonchev–Trinajstić information content (AvgIpc) is 2.70. The summed E-state index contributed by atoms with van der Waals surface area (Å²) in [6.45, 7) is 4.83. The van der Waals surface area contributed by atoms with Gasteiger partial charge in [0.1, 0.15) is 0 Å². The number of rotatable bonds is 6. The third kappa shape index (κ3) is 3.16. The van der Waals surface area contributed by atoms with Gasteiger partial charge in [-0.2, -0.15) is 10.1 Å². The largest absolute Gasteiger partial charge is 0.353 e. The maximum Gasteiger partial charge on any atom is 0.224 e. The van der Waals surface area contributed by atoms with Gasteiger partial charge < -0.3 is 10.2 Å². The van der Waals surface area contributed by atoms with Gasteiger partial charge in [0, 0.05) is 32.0 Å². The van der Waals surface area contributed by atoms with Gasteiger partial charge in [-0.05, 0) is 20.5 Å². The van der Waals surface area contributed by atoms with Crippen molar-refractivity contribution >= 4 is 17.0 Å². The Morgan fingerprint density at radius 3 is 2.94 bits per heavy atom. The van der Waals surface area contributed by atoms with Crippen molar-refractivity contribution < 1.29 is 0 Å².